The molecule has 0 aromatic carbocycles. The maximum atomic E-state index is 4.98. The van der Waals surface area contributed by atoms with Gasteiger partial charge in [-0.05, 0) is 6.42 Å². The third-order valence-electron chi connectivity index (χ3n) is 1.26. The fourth-order valence-electron chi connectivity index (χ4n) is 0.712. The van der Waals surface area contributed by atoms with E-state index in [1.54, 1.807) is 0 Å². The van der Waals surface area contributed by atoms with Crippen LogP contribution in [0.25, 0.3) is 0 Å². The number of hydrogen-bond acceptors (Lipinski definition) is 1. The lowest BCUT2D eigenvalue weighted by Crippen LogP contribution is -1.78. The van der Waals surface area contributed by atoms with Gasteiger partial charge in [-0.3, -0.25) is 0 Å². The minimum atomic E-state index is 0. The number of rotatable bonds is 4. The van der Waals surface area contributed by atoms with Crippen molar-refractivity contribution in [1.82, 2.24) is 0 Å². The van der Waals surface area contributed by atoms with Crippen LogP contribution in [0.15, 0.2) is 0 Å². The van der Waals surface area contributed by atoms with Gasteiger partial charge in [0.2, 0.25) is 0 Å². The number of nitrogens with two attached hydrogens (primary N) is 1. The SMILES string of the molecule is CCCCCCC#CN.Cl. The maximum Gasteiger partial charge on any atom is 0.0107 e. The van der Waals surface area contributed by atoms with Crippen LogP contribution in [0.2, 0.25) is 0 Å². The first kappa shape index (κ1) is 12.3. The van der Waals surface area contributed by atoms with Gasteiger partial charge in [0, 0.05) is 12.5 Å². The zero-order valence-corrected chi connectivity index (χ0v) is 7.34. The monoisotopic (exact) mass is 161 g/mol. The second-order valence-corrected chi connectivity index (χ2v) is 2.13. The summed E-state index contributed by atoms with van der Waals surface area (Å²) in [6.45, 7) is 2.20. The largest absolute Gasteiger partial charge is 0.359 e. The predicted molar refractivity (Wildman–Crippen MR) is 48.0 cm³/mol. The van der Waals surface area contributed by atoms with Gasteiger partial charge in [-0.1, -0.05) is 32.1 Å². The molecule has 0 spiro atoms. The fourth-order valence-corrected chi connectivity index (χ4v) is 0.712. The smallest absolute Gasteiger partial charge is 0.0107 e. The van der Waals surface area contributed by atoms with E-state index in [4.69, 9.17) is 5.73 Å². The van der Waals surface area contributed by atoms with Gasteiger partial charge in [-0.15, -0.1) is 12.4 Å². The second kappa shape index (κ2) is 11.4. The normalized spacial score (nSPS) is 7.30. The molecule has 0 amide bonds. The zero-order valence-electron chi connectivity index (χ0n) is 6.52. The van der Waals surface area contributed by atoms with Crippen LogP contribution in [-0.4, -0.2) is 0 Å². The molecule has 2 heteroatoms. The summed E-state index contributed by atoms with van der Waals surface area (Å²) in [5.74, 6) is 2.83. The molecule has 0 rings (SSSR count). The predicted octanol–water partition coefficient (Wildman–Crippen LogP) is 2.30. The molecule has 0 aliphatic carbocycles. The van der Waals surface area contributed by atoms with Gasteiger partial charge in [0.1, 0.15) is 0 Å². The van der Waals surface area contributed by atoms with E-state index in [-0.39, 0.29) is 12.4 Å². The molecule has 0 saturated heterocycles. The molecule has 0 atom stereocenters. The highest BCUT2D eigenvalue weighted by Gasteiger charge is 1.82. The molecule has 0 saturated carbocycles. The lowest BCUT2D eigenvalue weighted by atomic mass is 10.2. The summed E-state index contributed by atoms with van der Waals surface area (Å²) in [6, 6.07) is 2.39. The van der Waals surface area contributed by atoms with Gasteiger partial charge in [-0.2, -0.15) is 0 Å². The third kappa shape index (κ3) is 10.6. The standard InChI is InChI=1S/C8H15N.ClH/c1-2-3-4-5-6-7-8-9;/h2-6,9H2,1H3;1H. The van der Waals surface area contributed by atoms with Crippen LogP contribution in [-0.2, 0) is 0 Å². The maximum absolute atomic E-state index is 4.98. The highest BCUT2D eigenvalue weighted by atomic mass is 35.5. The van der Waals surface area contributed by atoms with Gasteiger partial charge in [0.25, 0.3) is 0 Å². The average Bonchev–Trinajstić information content (AvgIpc) is 1.89. The molecule has 60 valence electrons. The Hall–Kier alpha value is -0.350. The molecule has 0 unspecified atom stereocenters. The number of unbranched alkanes of at least 4 members (excludes halogenated alkanes) is 4. The quantitative estimate of drug-likeness (QED) is 0.382. The van der Waals surface area contributed by atoms with Gasteiger partial charge >= 0.3 is 0 Å². The Morgan fingerprint density at radius 3 is 2.40 bits per heavy atom. The topological polar surface area (TPSA) is 26.0 Å². The molecule has 0 aromatic rings. The van der Waals surface area contributed by atoms with Crippen LogP contribution < -0.4 is 5.73 Å². The van der Waals surface area contributed by atoms with Crippen molar-refractivity contribution in [2.45, 2.75) is 39.0 Å². The van der Waals surface area contributed by atoms with Gasteiger partial charge in [-0.25, -0.2) is 0 Å². The van der Waals surface area contributed by atoms with Crippen molar-refractivity contribution in [1.29, 1.82) is 0 Å². The Morgan fingerprint density at radius 1 is 1.20 bits per heavy atom. The van der Waals surface area contributed by atoms with E-state index in [0.29, 0.717) is 0 Å². The summed E-state index contributed by atoms with van der Waals surface area (Å²) < 4.78 is 0. The summed E-state index contributed by atoms with van der Waals surface area (Å²) in [7, 11) is 0. The lowest BCUT2D eigenvalue weighted by molar-refractivity contribution is 0.679. The van der Waals surface area contributed by atoms with Gasteiger partial charge in [0.15, 0.2) is 0 Å². The first-order valence-electron chi connectivity index (χ1n) is 3.60. The zero-order chi connectivity index (χ0) is 6.95. The molecule has 0 bridgehead atoms. The van der Waals surface area contributed by atoms with E-state index in [1.165, 1.54) is 25.7 Å². The van der Waals surface area contributed by atoms with Crippen LogP contribution in [0, 0.1) is 12.0 Å². The molecule has 0 aliphatic heterocycles. The number of hydrogen-bond donors (Lipinski definition) is 1. The minimum absolute atomic E-state index is 0. The van der Waals surface area contributed by atoms with E-state index in [2.05, 4.69) is 18.9 Å². The summed E-state index contributed by atoms with van der Waals surface area (Å²) in [4.78, 5) is 0. The molecule has 2 N–H and O–H groups in total. The molecule has 0 aliphatic rings. The van der Waals surface area contributed by atoms with Crippen LogP contribution in [0.1, 0.15) is 39.0 Å². The first-order valence-corrected chi connectivity index (χ1v) is 3.60. The van der Waals surface area contributed by atoms with E-state index in [9.17, 15) is 0 Å². The molecular weight excluding hydrogens is 146 g/mol. The average molecular weight is 162 g/mol. The van der Waals surface area contributed by atoms with Crippen molar-refractivity contribution in [3.05, 3.63) is 0 Å². The van der Waals surface area contributed by atoms with E-state index in [1.807, 2.05) is 0 Å². The summed E-state index contributed by atoms with van der Waals surface area (Å²) in [5.41, 5.74) is 4.98. The Morgan fingerprint density at radius 2 is 1.90 bits per heavy atom. The van der Waals surface area contributed by atoms with E-state index in [0.717, 1.165) is 6.42 Å². The van der Waals surface area contributed by atoms with Crippen LogP contribution in [0.3, 0.4) is 0 Å². The van der Waals surface area contributed by atoms with Gasteiger partial charge in [0.05, 0.1) is 0 Å². The van der Waals surface area contributed by atoms with Crippen LogP contribution in [0.5, 0.6) is 0 Å². The fraction of sp³-hybridized carbons (Fsp3) is 0.750. The summed E-state index contributed by atoms with van der Waals surface area (Å²) in [5, 5.41) is 0. The van der Waals surface area contributed by atoms with Crippen LogP contribution >= 0.6 is 12.4 Å². The molecule has 10 heavy (non-hydrogen) atoms. The number of halogens is 1. The van der Waals surface area contributed by atoms with E-state index >= 15 is 0 Å². The highest BCUT2D eigenvalue weighted by Crippen LogP contribution is 2.00. The Kier molecular flexibility index (Phi) is 14.1. The van der Waals surface area contributed by atoms with Crippen molar-refractivity contribution >= 4 is 12.4 Å². The molecule has 0 fully saturated rings. The second-order valence-electron chi connectivity index (χ2n) is 2.13. The van der Waals surface area contributed by atoms with Crippen molar-refractivity contribution in [3.8, 4) is 12.0 Å². The summed E-state index contributed by atoms with van der Waals surface area (Å²) in [6.07, 6.45) is 6.09. The molecule has 0 radical (unpaired) electrons. The van der Waals surface area contributed by atoms with E-state index < -0.39 is 0 Å². The first-order chi connectivity index (χ1) is 4.41. The molecular formula is C8H16ClN. The van der Waals surface area contributed by atoms with Crippen molar-refractivity contribution in [2.75, 3.05) is 0 Å². The lowest BCUT2D eigenvalue weighted by Gasteiger charge is -1.90. The Balaban J connectivity index is 0. The van der Waals surface area contributed by atoms with Crippen molar-refractivity contribution in [3.63, 3.8) is 0 Å². The van der Waals surface area contributed by atoms with Crippen LogP contribution in [0.4, 0.5) is 0 Å². The Bertz CT molecular complexity index is 102. The summed E-state index contributed by atoms with van der Waals surface area (Å²) >= 11 is 0. The highest BCUT2D eigenvalue weighted by molar-refractivity contribution is 5.85. The molecule has 0 aromatic heterocycles. The van der Waals surface area contributed by atoms with Gasteiger partial charge < -0.3 is 5.73 Å². The Labute approximate surface area is 69.8 Å². The molecule has 1 nitrogen and oxygen atoms in total. The minimum Gasteiger partial charge on any atom is -0.359 e. The van der Waals surface area contributed by atoms with Crippen molar-refractivity contribution < 1.29 is 0 Å². The third-order valence-corrected chi connectivity index (χ3v) is 1.26. The van der Waals surface area contributed by atoms with Crippen molar-refractivity contribution in [2.24, 2.45) is 5.73 Å². The molecule has 0 heterocycles.